The highest BCUT2D eigenvalue weighted by molar-refractivity contribution is 5.38. The van der Waals surface area contributed by atoms with Crippen LogP contribution in [0.3, 0.4) is 0 Å². The molecular formula is C9H13N3O3. The second kappa shape index (κ2) is 4.00. The fourth-order valence-corrected chi connectivity index (χ4v) is 1.67. The molecule has 1 aliphatic heterocycles. The summed E-state index contributed by atoms with van der Waals surface area (Å²) in [5.74, 6) is 0.189. The molecule has 0 aromatic carbocycles. The van der Waals surface area contributed by atoms with Gasteiger partial charge in [-0.05, 0) is 19.8 Å². The summed E-state index contributed by atoms with van der Waals surface area (Å²) in [6.45, 7) is 2.44. The standard InChI is InChI=1S/C9H13N3O3/c1-6-5-12(7-3-2-4-15-7)9(13)10-8(6)11-14/h5,7,14H,2-4H2,1H3,(H,10,11,13). The molecular weight excluding hydrogens is 198 g/mol. The SMILES string of the molecule is Cc1cn(C2CCCO2)c(=O)nc1NO. The van der Waals surface area contributed by atoms with Crippen molar-refractivity contribution in [2.45, 2.75) is 26.0 Å². The van der Waals surface area contributed by atoms with Crippen LogP contribution < -0.4 is 11.2 Å². The van der Waals surface area contributed by atoms with Crippen molar-refractivity contribution in [1.29, 1.82) is 0 Å². The first-order valence-electron chi connectivity index (χ1n) is 4.84. The van der Waals surface area contributed by atoms with E-state index in [9.17, 15) is 4.79 Å². The van der Waals surface area contributed by atoms with Crippen molar-refractivity contribution in [1.82, 2.24) is 9.55 Å². The quantitative estimate of drug-likeness (QED) is 0.703. The van der Waals surface area contributed by atoms with Gasteiger partial charge in [0, 0.05) is 18.4 Å². The zero-order valence-electron chi connectivity index (χ0n) is 8.43. The van der Waals surface area contributed by atoms with Gasteiger partial charge in [0.1, 0.15) is 6.23 Å². The van der Waals surface area contributed by atoms with Crippen molar-refractivity contribution in [3.05, 3.63) is 22.2 Å². The van der Waals surface area contributed by atoms with Crippen molar-refractivity contribution in [2.75, 3.05) is 12.1 Å². The number of rotatable bonds is 2. The number of aryl methyl sites for hydroxylation is 1. The first-order chi connectivity index (χ1) is 7.22. The topological polar surface area (TPSA) is 76.4 Å². The average molecular weight is 211 g/mol. The molecule has 2 heterocycles. The third-order valence-corrected chi connectivity index (χ3v) is 2.46. The molecule has 0 spiro atoms. The van der Waals surface area contributed by atoms with Crippen LogP contribution in [0.1, 0.15) is 24.6 Å². The Bertz CT molecular complexity index is 410. The van der Waals surface area contributed by atoms with E-state index in [1.165, 1.54) is 4.57 Å². The van der Waals surface area contributed by atoms with Crippen molar-refractivity contribution >= 4 is 5.82 Å². The summed E-state index contributed by atoms with van der Waals surface area (Å²) in [6.07, 6.45) is 3.21. The van der Waals surface area contributed by atoms with Crippen LogP contribution in [-0.4, -0.2) is 21.4 Å². The van der Waals surface area contributed by atoms with Crippen LogP contribution in [0.25, 0.3) is 0 Å². The molecule has 1 aliphatic rings. The van der Waals surface area contributed by atoms with E-state index in [0.29, 0.717) is 12.2 Å². The second-order valence-corrected chi connectivity index (χ2v) is 3.54. The number of hydrogen-bond acceptors (Lipinski definition) is 5. The lowest BCUT2D eigenvalue weighted by atomic mass is 10.3. The molecule has 0 saturated carbocycles. The van der Waals surface area contributed by atoms with Gasteiger partial charge >= 0.3 is 5.69 Å². The largest absolute Gasteiger partial charge is 0.358 e. The molecule has 0 aliphatic carbocycles. The predicted octanol–water partition coefficient (Wildman–Crippen LogP) is 0.662. The third-order valence-electron chi connectivity index (χ3n) is 2.46. The lowest BCUT2D eigenvalue weighted by Crippen LogP contribution is -2.27. The molecule has 1 unspecified atom stereocenters. The Kier molecular flexibility index (Phi) is 2.70. The molecule has 1 aromatic heterocycles. The summed E-state index contributed by atoms with van der Waals surface area (Å²) in [5.41, 5.74) is 2.18. The molecule has 2 rings (SSSR count). The maximum Gasteiger partial charge on any atom is 0.351 e. The normalized spacial score (nSPS) is 20.5. The van der Waals surface area contributed by atoms with E-state index in [-0.39, 0.29) is 12.0 Å². The van der Waals surface area contributed by atoms with E-state index >= 15 is 0 Å². The Hall–Kier alpha value is -1.40. The number of nitrogens with zero attached hydrogens (tertiary/aromatic N) is 2. The van der Waals surface area contributed by atoms with Gasteiger partial charge in [-0.2, -0.15) is 4.98 Å². The van der Waals surface area contributed by atoms with E-state index in [2.05, 4.69) is 4.98 Å². The molecule has 6 nitrogen and oxygen atoms in total. The molecule has 0 bridgehead atoms. The number of ether oxygens (including phenoxy) is 1. The minimum atomic E-state index is -0.413. The number of hydrogen-bond donors (Lipinski definition) is 2. The van der Waals surface area contributed by atoms with Crippen LogP contribution in [0.4, 0.5) is 5.82 Å². The Morgan fingerprint density at radius 2 is 2.53 bits per heavy atom. The molecule has 15 heavy (non-hydrogen) atoms. The van der Waals surface area contributed by atoms with Gasteiger partial charge in [0.25, 0.3) is 0 Å². The van der Waals surface area contributed by atoms with Crippen LogP contribution in [0.5, 0.6) is 0 Å². The van der Waals surface area contributed by atoms with Gasteiger partial charge in [0.2, 0.25) is 0 Å². The molecule has 6 heteroatoms. The monoisotopic (exact) mass is 211 g/mol. The van der Waals surface area contributed by atoms with Crippen LogP contribution in [0.2, 0.25) is 0 Å². The molecule has 2 N–H and O–H groups in total. The zero-order valence-corrected chi connectivity index (χ0v) is 8.43. The van der Waals surface area contributed by atoms with Crippen LogP contribution >= 0.6 is 0 Å². The molecule has 1 saturated heterocycles. The maximum atomic E-state index is 11.6. The molecule has 0 radical (unpaired) electrons. The van der Waals surface area contributed by atoms with Crippen molar-refractivity contribution < 1.29 is 9.94 Å². The van der Waals surface area contributed by atoms with Gasteiger partial charge in [-0.3, -0.25) is 15.3 Å². The summed E-state index contributed by atoms with van der Waals surface area (Å²) in [7, 11) is 0. The third kappa shape index (κ3) is 1.86. The summed E-state index contributed by atoms with van der Waals surface area (Å²) in [6, 6.07) is 0. The first-order valence-corrected chi connectivity index (χ1v) is 4.84. The van der Waals surface area contributed by atoms with Crippen molar-refractivity contribution in [3.8, 4) is 0 Å². The van der Waals surface area contributed by atoms with E-state index in [1.54, 1.807) is 13.1 Å². The molecule has 1 fully saturated rings. The van der Waals surface area contributed by atoms with Crippen molar-refractivity contribution in [3.63, 3.8) is 0 Å². The second-order valence-electron chi connectivity index (χ2n) is 3.54. The Labute approximate surface area is 86.5 Å². The summed E-state index contributed by atoms with van der Waals surface area (Å²) in [5, 5.41) is 8.71. The van der Waals surface area contributed by atoms with Gasteiger partial charge < -0.3 is 4.74 Å². The summed E-state index contributed by atoms with van der Waals surface area (Å²) < 4.78 is 6.85. The minimum Gasteiger partial charge on any atom is -0.358 e. The Morgan fingerprint density at radius 1 is 1.73 bits per heavy atom. The molecule has 1 aromatic rings. The highest BCUT2D eigenvalue weighted by Crippen LogP contribution is 2.21. The summed E-state index contributed by atoms with van der Waals surface area (Å²) in [4.78, 5) is 15.3. The van der Waals surface area contributed by atoms with Gasteiger partial charge in [0.15, 0.2) is 5.82 Å². The number of anilines is 1. The highest BCUT2D eigenvalue weighted by Gasteiger charge is 2.19. The number of nitrogens with one attached hydrogen (secondary N) is 1. The van der Waals surface area contributed by atoms with Crippen LogP contribution in [0.15, 0.2) is 11.0 Å². The predicted molar refractivity (Wildman–Crippen MR) is 52.9 cm³/mol. The van der Waals surface area contributed by atoms with Gasteiger partial charge in [-0.15, -0.1) is 0 Å². The fourth-order valence-electron chi connectivity index (χ4n) is 1.67. The molecule has 0 amide bonds. The average Bonchev–Trinajstić information content (AvgIpc) is 2.74. The molecule has 82 valence electrons. The minimum absolute atomic E-state index is 0.189. The Morgan fingerprint density at radius 3 is 3.13 bits per heavy atom. The van der Waals surface area contributed by atoms with Crippen LogP contribution in [0, 0.1) is 6.92 Å². The number of aromatic nitrogens is 2. The molecule has 1 atom stereocenters. The summed E-state index contributed by atoms with van der Waals surface area (Å²) >= 11 is 0. The van der Waals surface area contributed by atoms with E-state index < -0.39 is 5.69 Å². The van der Waals surface area contributed by atoms with E-state index in [0.717, 1.165) is 12.8 Å². The lowest BCUT2D eigenvalue weighted by molar-refractivity contribution is 0.0526. The first kappa shape index (κ1) is 10.1. The van der Waals surface area contributed by atoms with Gasteiger partial charge in [-0.25, -0.2) is 4.79 Å². The van der Waals surface area contributed by atoms with Crippen LogP contribution in [-0.2, 0) is 4.74 Å². The van der Waals surface area contributed by atoms with Gasteiger partial charge in [-0.1, -0.05) is 0 Å². The van der Waals surface area contributed by atoms with E-state index in [1.807, 2.05) is 5.48 Å². The zero-order chi connectivity index (χ0) is 10.8. The Balaban J connectivity index is 2.40. The fraction of sp³-hybridized carbons (Fsp3) is 0.556. The lowest BCUT2D eigenvalue weighted by Gasteiger charge is -2.14. The maximum absolute atomic E-state index is 11.6. The smallest absolute Gasteiger partial charge is 0.351 e. The highest BCUT2D eigenvalue weighted by atomic mass is 16.5. The van der Waals surface area contributed by atoms with Crippen molar-refractivity contribution in [2.24, 2.45) is 0 Å². The van der Waals surface area contributed by atoms with Gasteiger partial charge in [0.05, 0.1) is 0 Å². The van der Waals surface area contributed by atoms with E-state index in [4.69, 9.17) is 9.94 Å².